The molecule has 1 fully saturated rings. The molecule has 164 valence electrons. The third-order valence-electron chi connectivity index (χ3n) is 5.01. The van der Waals surface area contributed by atoms with Gasteiger partial charge in [0.05, 0.1) is 12.1 Å². The highest BCUT2D eigenvalue weighted by molar-refractivity contribution is 5.91. The Morgan fingerprint density at radius 2 is 2.00 bits per heavy atom. The Bertz CT molecular complexity index is 763. The zero-order valence-corrected chi connectivity index (χ0v) is 16.9. The Hall–Kier alpha value is -3.14. The van der Waals surface area contributed by atoms with Gasteiger partial charge >= 0.3 is 0 Å². The molecule has 0 saturated carbocycles. The average molecular weight is 418 g/mol. The summed E-state index contributed by atoms with van der Waals surface area (Å²) in [7, 11) is 0. The summed E-state index contributed by atoms with van der Waals surface area (Å²) in [4.78, 5) is 42.2. The fourth-order valence-electron chi connectivity index (χ4n) is 3.46. The number of hydrogen-bond acceptors (Lipinski definition) is 6. The van der Waals surface area contributed by atoms with Crippen LogP contribution in [0.1, 0.15) is 31.2 Å². The summed E-state index contributed by atoms with van der Waals surface area (Å²) in [5.41, 5.74) is 17.4. The van der Waals surface area contributed by atoms with E-state index in [1.54, 1.807) is 12.1 Å². The molecule has 2 rings (SSSR count). The number of nitrogens with zero attached hydrogens (tertiary/aromatic N) is 2. The molecule has 1 aliphatic rings. The summed E-state index contributed by atoms with van der Waals surface area (Å²) in [6.07, 6.45) is 3.10. The molecule has 1 heterocycles. The highest BCUT2D eigenvalue weighted by Crippen LogP contribution is 2.20. The van der Waals surface area contributed by atoms with E-state index in [1.807, 2.05) is 0 Å². The molecule has 10 heteroatoms. The topological polar surface area (TPSA) is 177 Å². The van der Waals surface area contributed by atoms with Gasteiger partial charge < -0.3 is 37.3 Å². The van der Waals surface area contributed by atoms with Crippen molar-refractivity contribution in [2.75, 3.05) is 13.1 Å². The molecule has 0 spiro atoms. The molecule has 8 N–H and O–H groups in total. The van der Waals surface area contributed by atoms with E-state index in [0.29, 0.717) is 51.5 Å². The number of aliphatic imine (C=N–C) groups is 1. The van der Waals surface area contributed by atoms with Gasteiger partial charge in [-0.3, -0.25) is 14.6 Å². The van der Waals surface area contributed by atoms with Crippen LogP contribution in [0.5, 0.6) is 5.75 Å². The third kappa shape index (κ3) is 6.73. The Morgan fingerprint density at radius 3 is 2.63 bits per heavy atom. The molecule has 3 atom stereocenters. The molecule has 0 bridgehead atoms. The molecule has 1 aromatic carbocycles. The molecule has 30 heavy (non-hydrogen) atoms. The summed E-state index contributed by atoms with van der Waals surface area (Å²) in [5.74, 6) is -0.559. The van der Waals surface area contributed by atoms with Crippen LogP contribution >= 0.6 is 0 Å². The van der Waals surface area contributed by atoms with Crippen molar-refractivity contribution in [2.24, 2.45) is 22.2 Å². The largest absolute Gasteiger partial charge is 0.508 e. The summed E-state index contributed by atoms with van der Waals surface area (Å²) in [6, 6.07) is 4.35. The summed E-state index contributed by atoms with van der Waals surface area (Å²) >= 11 is 0. The van der Waals surface area contributed by atoms with Crippen molar-refractivity contribution >= 4 is 24.1 Å². The number of likely N-dealkylation sites (tertiary alicyclic amines) is 1. The van der Waals surface area contributed by atoms with Crippen molar-refractivity contribution < 1.29 is 19.5 Å². The second-order valence-electron chi connectivity index (χ2n) is 7.37. The van der Waals surface area contributed by atoms with Crippen LogP contribution in [0, 0.1) is 0 Å². The first kappa shape index (κ1) is 23.1. The summed E-state index contributed by atoms with van der Waals surface area (Å²) in [5, 5.41) is 12.1. The number of carbonyl (C=O) groups is 3. The van der Waals surface area contributed by atoms with E-state index < -0.39 is 18.1 Å². The number of hydrogen-bond donors (Lipinski definition) is 5. The van der Waals surface area contributed by atoms with Gasteiger partial charge in [0.2, 0.25) is 11.8 Å². The van der Waals surface area contributed by atoms with Crippen LogP contribution in [-0.4, -0.2) is 65.3 Å². The lowest BCUT2D eigenvalue weighted by Gasteiger charge is -2.27. The number of phenolic OH excluding ortho intramolecular Hbond substituents is 1. The van der Waals surface area contributed by atoms with Crippen molar-refractivity contribution in [3.63, 3.8) is 0 Å². The summed E-state index contributed by atoms with van der Waals surface area (Å²) < 4.78 is 0. The molecule has 0 radical (unpaired) electrons. The number of aromatic hydroxyl groups is 1. The van der Waals surface area contributed by atoms with Gasteiger partial charge in [-0.25, -0.2) is 0 Å². The number of carbonyl (C=O) groups excluding carboxylic acids is 3. The van der Waals surface area contributed by atoms with E-state index in [4.69, 9.17) is 17.2 Å². The Balaban J connectivity index is 1.91. The first-order valence-electron chi connectivity index (χ1n) is 9.97. The van der Waals surface area contributed by atoms with Crippen LogP contribution in [0.15, 0.2) is 29.3 Å². The van der Waals surface area contributed by atoms with Crippen LogP contribution in [0.25, 0.3) is 0 Å². The van der Waals surface area contributed by atoms with Crippen LogP contribution in [0.3, 0.4) is 0 Å². The summed E-state index contributed by atoms with van der Waals surface area (Å²) in [6.45, 7) is 0.805. The molecule has 0 aliphatic carbocycles. The van der Waals surface area contributed by atoms with Crippen LogP contribution in [0.2, 0.25) is 0 Å². The maximum absolute atomic E-state index is 12.8. The SMILES string of the molecule is NC(N)=NCCC[C@@H](C=O)NC(=O)[C@@H]1CCCN1C(=O)[C@@H](N)Cc1ccc(O)cc1. The van der Waals surface area contributed by atoms with Gasteiger partial charge in [0.25, 0.3) is 0 Å². The van der Waals surface area contributed by atoms with E-state index in [1.165, 1.54) is 17.0 Å². The fourth-order valence-corrected chi connectivity index (χ4v) is 3.46. The molecule has 2 amide bonds. The standard InChI is InChI=1S/C20H30N6O4/c21-16(11-13-5-7-15(28)8-6-13)19(30)26-10-2-4-17(26)18(29)25-14(12-27)3-1-9-24-20(22)23/h5-8,12,14,16-17,28H,1-4,9-11,21H2,(H,25,29)(H4,22,23,24)/t14-,16-,17-/m0/s1. The molecule has 10 nitrogen and oxygen atoms in total. The number of amides is 2. The molecule has 0 aromatic heterocycles. The van der Waals surface area contributed by atoms with Gasteiger partial charge in [-0.2, -0.15) is 0 Å². The quantitative estimate of drug-likeness (QED) is 0.140. The normalized spacial score (nSPS) is 17.8. The predicted molar refractivity (Wildman–Crippen MR) is 112 cm³/mol. The molecular weight excluding hydrogens is 388 g/mol. The number of guanidine groups is 1. The smallest absolute Gasteiger partial charge is 0.243 e. The Labute approximate surface area is 175 Å². The molecule has 1 aliphatic heterocycles. The van der Waals surface area contributed by atoms with Gasteiger partial charge in [0, 0.05) is 13.1 Å². The Kier molecular flexibility index (Phi) is 8.60. The highest BCUT2D eigenvalue weighted by Gasteiger charge is 2.36. The first-order valence-corrected chi connectivity index (χ1v) is 9.97. The van der Waals surface area contributed by atoms with Crippen molar-refractivity contribution in [1.82, 2.24) is 10.2 Å². The first-order chi connectivity index (χ1) is 14.3. The number of rotatable bonds is 10. The number of nitrogens with one attached hydrogen (secondary N) is 1. The van der Waals surface area contributed by atoms with Gasteiger partial charge in [-0.15, -0.1) is 0 Å². The van der Waals surface area contributed by atoms with E-state index in [0.717, 1.165) is 5.56 Å². The Morgan fingerprint density at radius 1 is 1.30 bits per heavy atom. The van der Waals surface area contributed by atoms with Crippen LogP contribution < -0.4 is 22.5 Å². The molecule has 0 unspecified atom stereocenters. The van der Waals surface area contributed by atoms with Crippen molar-refractivity contribution in [3.8, 4) is 5.75 Å². The maximum Gasteiger partial charge on any atom is 0.243 e. The van der Waals surface area contributed by atoms with Gasteiger partial charge in [-0.1, -0.05) is 12.1 Å². The highest BCUT2D eigenvalue weighted by atomic mass is 16.3. The monoisotopic (exact) mass is 418 g/mol. The van der Waals surface area contributed by atoms with E-state index in [9.17, 15) is 19.5 Å². The minimum absolute atomic E-state index is 0.0227. The van der Waals surface area contributed by atoms with Crippen molar-refractivity contribution in [2.45, 2.75) is 50.2 Å². The van der Waals surface area contributed by atoms with Gasteiger partial charge in [0.15, 0.2) is 5.96 Å². The third-order valence-corrected chi connectivity index (χ3v) is 5.01. The lowest BCUT2D eigenvalue weighted by Crippen LogP contribution is -2.53. The van der Waals surface area contributed by atoms with E-state index in [-0.39, 0.29) is 23.5 Å². The molecular formula is C20H30N6O4. The van der Waals surface area contributed by atoms with E-state index >= 15 is 0 Å². The van der Waals surface area contributed by atoms with Gasteiger partial charge in [-0.05, 0) is 49.8 Å². The second-order valence-corrected chi connectivity index (χ2v) is 7.37. The predicted octanol–water partition coefficient (Wildman–Crippen LogP) is -1.01. The lowest BCUT2D eigenvalue weighted by molar-refractivity contribution is -0.139. The number of phenols is 1. The molecule has 1 saturated heterocycles. The second kappa shape index (κ2) is 11.1. The zero-order valence-electron chi connectivity index (χ0n) is 16.9. The number of nitrogens with two attached hydrogens (primary N) is 3. The zero-order chi connectivity index (χ0) is 22.1. The van der Waals surface area contributed by atoms with Crippen molar-refractivity contribution in [3.05, 3.63) is 29.8 Å². The minimum atomic E-state index is -0.801. The molecule has 1 aromatic rings. The van der Waals surface area contributed by atoms with Crippen molar-refractivity contribution in [1.29, 1.82) is 0 Å². The lowest BCUT2D eigenvalue weighted by atomic mass is 10.0. The van der Waals surface area contributed by atoms with Gasteiger partial charge in [0.1, 0.15) is 18.1 Å². The number of benzene rings is 1. The minimum Gasteiger partial charge on any atom is -0.508 e. The average Bonchev–Trinajstić information content (AvgIpc) is 3.21. The van der Waals surface area contributed by atoms with Crippen LogP contribution in [0.4, 0.5) is 0 Å². The van der Waals surface area contributed by atoms with E-state index in [2.05, 4.69) is 10.3 Å². The maximum atomic E-state index is 12.8. The van der Waals surface area contributed by atoms with Crippen LogP contribution in [-0.2, 0) is 20.8 Å². The number of aldehydes is 1. The fraction of sp³-hybridized carbons (Fsp3) is 0.500.